The number of nitrogens with one attached hydrogen (secondary N) is 4. The molecular weight excluding hydrogens is 525 g/mol. The Morgan fingerprint density at radius 2 is 2.08 bits per heavy atom. The number of esters is 1. The predicted octanol–water partition coefficient (Wildman–Crippen LogP) is -2.24. The number of urea groups is 1. The third-order valence-corrected chi connectivity index (χ3v) is 9.56. The Morgan fingerprint density at radius 3 is 2.67 bits per heavy atom. The van der Waals surface area contributed by atoms with Gasteiger partial charge in [0.1, 0.15) is 29.9 Å². The van der Waals surface area contributed by atoms with Crippen molar-refractivity contribution < 1.29 is 43.2 Å². The number of hydrogen-bond donors (Lipinski definition) is 6. The van der Waals surface area contributed by atoms with Gasteiger partial charge in [-0.3, -0.25) is 33.8 Å². The van der Waals surface area contributed by atoms with Crippen LogP contribution in [0.1, 0.15) is 20.1 Å². The molecule has 2 saturated heterocycles. The summed E-state index contributed by atoms with van der Waals surface area (Å²) in [5.41, 5.74) is -3.59. The van der Waals surface area contributed by atoms with Crippen LogP contribution in [0.4, 0.5) is 4.79 Å². The molecule has 2 aliphatic rings. The number of imide groups is 1. The van der Waals surface area contributed by atoms with Gasteiger partial charge in [0, 0.05) is 18.0 Å². The number of amides is 3. The summed E-state index contributed by atoms with van der Waals surface area (Å²) >= 11 is 0.613. The van der Waals surface area contributed by atoms with E-state index in [4.69, 9.17) is 9.26 Å². The van der Waals surface area contributed by atoms with Gasteiger partial charge in [0.15, 0.2) is 6.23 Å². The largest absolute Gasteiger partial charge is 0.468 e. The molecule has 0 unspecified atom stereocenters. The van der Waals surface area contributed by atoms with Gasteiger partial charge in [-0.25, -0.2) is 14.7 Å². The second-order valence-electron chi connectivity index (χ2n) is 8.19. The fourth-order valence-corrected chi connectivity index (χ4v) is 7.36. The number of rotatable bonds is 10. The molecule has 6 N–H and O–H groups in total. The number of methoxy groups -OCH3 is 1. The fraction of sp³-hybridized carbons (Fsp3) is 0.611. The quantitative estimate of drug-likeness (QED) is 0.103. The van der Waals surface area contributed by atoms with Crippen LogP contribution in [-0.2, 0) is 28.2 Å². The van der Waals surface area contributed by atoms with Crippen LogP contribution in [0.3, 0.4) is 0 Å². The Kier molecular flexibility index (Phi) is 8.44. The predicted molar refractivity (Wildman–Crippen MR) is 123 cm³/mol. The summed E-state index contributed by atoms with van der Waals surface area (Å²) in [5, 5.41) is 28.3. The van der Waals surface area contributed by atoms with E-state index in [2.05, 4.69) is 15.1 Å². The minimum Gasteiger partial charge on any atom is -0.468 e. The summed E-state index contributed by atoms with van der Waals surface area (Å²) in [7, 11) is 1.13. The number of aliphatic hydroxyl groups is 2. The number of carbonyl (C=O) groups is 3. The number of aliphatic hydroxyl groups excluding tert-OH is 1. The molecule has 2 aliphatic heterocycles. The first-order valence-corrected chi connectivity index (χ1v) is 13.7. The molecule has 200 valence electrons. The van der Waals surface area contributed by atoms with E-state index in [-0.39, 0.29) is 5.75 Å². The molecule has 0 aromatic carbocycles. The van der Waals surface area contributed by atoms with Crippen LogP contribution in [0.15, 0.2) is 21.9 Å². The summed E-state index contributed by atoms with van der Waals surface area (Å²) in [6.07, 6.45) is -3.28. The van der Waals surface area contributed by atoms with E-state index in [0.717, 1.165) is 23.9 Å². The second-order valence-corrected chi connectivity index (χ2v) is 12.5. The van der Waals surface area contributed by atoms with Gasteiger partial charge in [-0.15, -0.1) is 0 Å². The van der Waals surface area contributed by atoms with Gasteiger partial charge in [0.05, 0.1) is 13.7 Å². The molecule has 16 nitrogen and oxygen atoms in total. The van der Waals surface area contributed by atoms with Gasteiger partial charge < -0.3 is 29.5 Å². The number of aromatic nitrogens is 2. The molecule has 0 saturated carbocycles. The SMILES string of the molecule is COC(=O)[C@@H](C)N[P@@](=O)(OC[C@H]1O[C@@H](n2ccc(=O)[nH]c2=O)[C@](C)(O)[C@@H]1O)SC[C@@H]1NC(=O)NC1=O. The zero-order chi connectivity index (χ0) is 26.8. The number of aromatic amines is 1. The van der Waals surface area contributed by atoms with Crippen molar-refractivity contribution in [1.29, 1.82) is 0 Å². The summed E-state index contributed by atoms with van der Waals surface area (Å²) in [5.74, 6) is -1.60. The third kappa shape index (κ3) is 6.05. The summed E-state index contributed by atoms with van der Waals surface area (Å²) in [6, 6.07) is -1.81. The lowest BCUT2D eigenvalue weighted by atomic mass is 9.96. The molecule has 36 heavy (non-hydrogen) atoms. The van der Waals surface area contributed by atoms with E-state index in [1.165, 1.54) is 13.8 Å². The highest BCUT2D eigenvalue weighted by Gasteiger charge is 2.54. The van der Waals surface area contributed by atoms with Crippen LogP contribution in [-0.4, -0.2) is 87.0 Å². The molecule has 0 aliphatic carbocycles. The van der Waals surface area contributed by atoms with E-state index in [0.29, 0.717) is 11.4 Å². The van der Waals surface area contributed by atoms with Crippen LogP contribution in [0.2, 0.25) is 0 Å². The molecule has 1 aromatic rings. The fourth-order valence-electron chi connectivity index (χ4n) is 3.49. The maximum Gasteiger partial charge on any atom is 0.330 e. The Labute approximate surface area is 207 Å². The van der Waals surface area contributed by atoms with Crippen LogP contribution < -0.4 is 27.0 Å². The Bertz CT molecular complexity index is 1190. The first kappa shape index (κ1) is 28.0. The van der Waals surface area contributed by atoms with Crippen molar-refractivity contribution in [3.05, 3.63) is 33.1 Å². The highest BCUT2D eigenvalue weighted by Crippen LogP contribution is 2.57. The maximum absolute atomic E-state index is 13.5. The third-order valence-electron chi connectivity index (χ3n) is 5.44. The average Bonchev–Trinajstić information content (AvgIpc) is 3.24. The van der Waals surface area contributed by atoms with Gasteiger partial charge in [-0.2, -0.15) is 0 Å². The van der Waals surface area contributed by atoms with Crippen LogP contribution in [0, 0.1) is 0 Å². The highest BCUT2D eigenvalue weighted by molar-refractivity contribution is 8.56. The molecule has 0 spiro atoms. The summed E-state index contributed by atoms with van der Waals surface area (Å²) < 4.78 is 30.2. The summed E-state index contributed by atoms with van der Waals surface area (Å²) in [6.45, 7) is -2.05. The molecule has 3 heterocycles. The first-order valence-electron chi connectivity index (χ1n) is 10.5. The monoisotopic (exact) mass is 551 g/mol. The number of nitrogens with zero attached hydrogens (tertiary/aromatic N) is 1. The molecule has 3 amide bonds. The molecule has 2 fully saturated rings. The lowest BCUT2D eigenvalue weighted by Crippen LogP contribution is -2.47. The molecule has 0 radical (unpaired) electrons. The minimum absolute atomic E-state index is 0.197. The molecule has 1 aromatic heterocycles. The van der Waals surface area contributed by atoms with Crippen molar-refractivity contribution in [3.63, 3.8) is 0 Å². The van der Waals surface area contributed by atoms with E-state index in [1.807, 2.05) is 10.3 Å². The van der Waals surface area contributed by atoms with Crippen molar-refractivity contribution in [1.82, 2.24) is 25.3 Å². The Morgan fingerprint density at radius 1 is 1.39 bits per heavy atom. The van der Waals surface area contributed by atoms with Gasteiger partial charge in [0.25, 0.3) is 11.5 Å². The second kappa shape index (κ2) is 10.8. The standard InChI is InChI=1S/C18H26N5O11PS/c1-8(14(27)32-3)22-35(31,36-7-9-13(26)21-16(28)19-9)33-6-10-12(25)18(2,30)15(34-10)23-5-4-11(24)20-17(23)29/h4-5,8-10,12,15,25,30H,6-7H2,1-3H3,(H,22,31)(H,20,24,29)(H2,19,21,26,28)/t8-,9+,10-,12-,15-,18-,35-/m1/s1. The van der Waals surface area contributed by atoms with Gasteiger partial charge in [0.2, 0.25) is 0 Å². The van der Waals surface area contributed by atoms with Crippen LogP contribution >= 0.6 is 18.1 Å². The lowest BCUT2D eigenvalue weighted by molar-refractivity contribution is -0.142. The number of H-pyrrole nitrogens is 1. The van der Waals surface area contributed by atoms with Crippen LogP contribution in [0.5, 0.6) is 0 Å². The number of carbonyl (C=O) groups excluding carboxylic acids is 3. The van der Waals surface area contributed by atoms with E-state index in [1.54, 1.807) is 0 Å². The molecule has 3 rings (SSSR count). The van der Waals surface area contributed by atoms with Crippen molar-refractivity contribution in [2.75, 3.05) is 19.5 Å². The normalized spacial score (nSPS) is 30.4. The number of ether oxygens (including phenoxy) is 2. The molecule has 7 atom stereocenters. The van der Waals surface area contributed by atoms with Crippen molar-refractivity contribution in [2.45, 2.75) is 50.0 Å². The molecule has 0 bridgehead atoms. The van der Waals surface area contributed by atoms with Gasteiger partial charge >= 0.3 is 24.4 Å². The van der Waals surface area contributed by atoms with Gasteiger partial charge in [-0.1, -0.05) is 11.4 Å². The van der Waals surface area contributed by atoms with Crippen molar-refractivity contribution in [2.24, 2.45) is 0 Å². The van der Waals surface area contributed by atoms with E-state index in [9.17, 15) is 38.8 Å². The zero-order valence-corrected chi connectivity index (χ0v) is 21.0. The van der Waals surface area contributed by atoms with Crippen molar-refractivity contribution >= 4 is 36.0 Å². The zero-order valence-electron chi connectivity index (χ0n) is 19.3. The Balaban J connectivity index is 1.76. The average molecular weight is 551 g/mol. The van der Waals surface area contributed by atoms with Gasteiger partial charge in [-0.05, 0) is 13.8 Å². The lowest BCUT2D eigenvalue weighted by Gasteiger charge is -2.27. The smallest absolute Gasteiger partial charge is 0.330 e. The first-order chi connectivity index (χ1) is 16.8. The number of hydrogen-bond acceptors (Lipinski definition) is 12. The molecular formula is C18H26N5O11PS. The highest BCUT2D eigenvalue weighted by atomic mass is 32.7. The van der Waals surface area contributed by atoms with Crippen molar-refractivity contribution in [3.8, 4) is 0 Å². The van der Waals surface area contributed by atoms with E-state index < -0.39 is 78.6 Å². The minimum atomic E-state index is -4.02. The van der Waals surface area contributed by atoms with E-state index >= 15 is 0 Å². The topological polar surface area (TPSA) is 227 Å². The maximum atomic E-state index is 13.5. The Hall–Kier alpha value is -2.53. The van der Waals surface area contributed by atoms with Crippen LogP contribution in [0.25, 0.3) is 0 Å². The molecule has 18 heteroatoms. The summed E-state index contributed by atoms with van der Waals surface area (Å²) in [4.78, 5) is 60.5.